The van der Waals surface area contributed by atoms with Crippen molar-refractivity contribution in [3.8, 4) is 5.69 Å². The third-order valence-corrected chi connectivity index (χ3v) is 4.89. The standard InChI is InChI=1S/C19H21N5OS/c1-12-5-7-16(8-6-12)24-11-20-23-19(24)26-10-17(25)22-18-13(2)9-14(3)21-15(18)4/h5-9,11H,10H2,1-4H3,(H,22,25). The van der Waals surface area contributed by atoms with Crippen LogP contribution in [0, 0.1) is 27.7 Å². The normalized spacial score (nSPS) is 10.8. The molecule has 1 aromatic carbocycles. The summed E-state index contributed by atoms with van der Waals surface area (Å²) < 4.78 is 1.88. The van der Waals surface area contributed by atoms with E-state index < -0.39 is 0 Å². The zero-order valence-corrected chi connectivity index (χ0v) is 16.1. The van der Waals surface area contributed by atoms with Crippen molar-refractivity contribution in [2.75, 3.05) is 11.1 Å². The van der Waals surface area contributed by atoms with Crippen LogP contribution >= 0.6 is 11.8 Å². The number of rotatable bonds is 5. The van der Waals surface area contributed by atoms with E-state index in [4.69, 9.17) is 0 Å². The van der Waals surface area contributed by atoms with Gasteiger partial charge in [-0.05, 0) is 51.5 Å². The Labute approximate surface area is 157 Å². The Kier molecular flexibility index (Phi) is 5.37. The molecule has 0 aliphatic carbocycles. The molecule has 2 aromatic heterocycles. The fraction of sp³-hybridized carbons (Fsp3) is 0.263. The van der Waals surface area contributed by atoms with Gasteiger partial charge in [0.2, 0.25) is 5.91 Å². The predicted molar refractivity (Wildman–Crippen MR) is 104 cm³/mol. The number of nitrogens with one attached hydrogen (secondary N) is 1. The van der Waals surface area contributed by atoms with Gasteiger partial charge in [0.15, 0.2) is 5.16 Å². The number of benzene rings is 1. The van der Waals surface area contributed by atoms with Crippen LogP contribution in [0.2, 0.25) is 0 Å². The summed E-state index contributed by atoms with van der Waals surface area (Å²) in [6, 6.07) is 10.0. The number of anilines is 1. The fourth-order valence-corrected chi connectivity index (χ4v) is 3.45. The van der Waals surface area contributed by atoms with Crippen LogP contribution in [0.5, 0.6) is 0 Å². The molecule has 0 fully saturated rings. The highest BCUT2D eigenvalue weighted by molar-refractivity contribution is 7.99. The Bertz CT molecular complexity index is 910. The number of amides is 1. The molecule has 0 atom stereocenters. The van der Waals surface area contributed by atoms with Crippen molar-refractivity contribution < 1.29 is 4.79 Å². The highest BCUT2D eigenvalue weighted by atomic mass is 32.2. The molecule has 3 rings (SSSR count). The van der Waals surface area contributed by atoms with Crippen LogP contribution in [-0.2, 0) is 4.79 Å². The summed E-state index contributed by atoms with van der Waals surface area (Å²) in [5, 5.41) is 11.7. The number of hydrogen-bond donors (Lipinski definition) is 1. The van der Waals surface area contributed by atoms with Gasteiger partial charge in [0, 0.05) is 11.4 Å². The average Bonchev–Trinajstić information content (AvgIpc) is 3.05. The van der Waals surface area contributed by atoms with Gasteiger partial charge >= 0.3 is 0 Å². The highest BCUT2D eigenvalue weighted by Gasteiger charge is 2.13. The largest absolute Gasteiger partial charge is 0.324 e. The molecular formula is C19H21N5OS. The Morgan fingerprint density at radius 3 is 2.58 bits per heavy atom. The lowest BCUT2D eigenvalue weighted by molar-refractivity contribution is -0.113. The number of thioether (sulfide) groups is 1. The maximum absolute atomic E-state index is 12.4. The molecule has 0 aliphatic heterocycles. The number of carbonyl (C=O) groups is 1. The van der Waals surface area contributed by atoms with E-state index >= 15 is 0 Å². The van der Waals surface area contributed by atoms with E-state index in [1.54, 1.807) is 6.33 Å². The molecule has 0 saturated heterocycles. The molecule has 7 heteroatoms. The number of pyridine rings is 1. The molecule has 1 amide bonds. The fourth-order valence-electron chi connectivity index (χ4n) is 2.72. The second-order valence-electron chi connectivity index (χ2n) is 6.20. The molecule has 0 saturated carbocycles. The molecule has 0 aliphatic rings. The summed E-state index contributed by atoms with van der Waals surface area (Å²) in [5.41, 5.74) is 5.71. The van der Waals surface area contributed by atoms with Gasteiger partial charge in [0.1, 0.15) is 6.33 Å². The summed E-state index contributed by atoms with van der Waals surface area (Å²) >= 11 is 1.35. The number of hydrogen-bond acceptors (Lipinski definition) is 5. The van der Waals surface area contributed by atoms with Crippen LogP contribution in [-0.4, -0.2) is 31.4 Å². The topological polar surface area (TPSA) is 72.7 Å². The summed E-state index contributed by atoms with van der Waals surface area (Å²) in [4.78, 5) is 16.8. The van der Waals surface area contributed by atoms with Gasteiger partial charge in [-0.2, -0.15) is 0 Å². The van der Waals surface area contributed by atoms with Gasteiger partial charge in [-0.25, -0.2) is 0 Å². The van der Waals surface area contributed by atoms with Gasteiger partial charge in [-0.3, -0.25) is 14.3 Å². The second kappa shape index (κ2) is 7.70. The van der Waals surface area contributed by atoms with Gasteiger partial charge in [0.25, 0.3) is 0 Å². The maximum atomic E-state index is 12.4. The third-order valence-electron chi connectivity index (χ3n) is 3.95. The molecule has 26 heavy (non-hydrogen) atoms. The van der Waals surface area contributed by atoms with Crippen molar-refractivity contribution in [3.63, 3.8) is 0 Å². The summed E-state index contributed by atoms with van der Waals surface area (Å²) in [5.74, 6) is 0.155. The lowest BCUT2D eigenvalue weighted by Crippen LogP contribution is -2.17. The van der Waals surface area contributed by atoms with Crippen molar-refractivity contribution in [3.05, 3.63) is 59.2 Å². The van der Waals surface area contributed by atoms with Crippen molar-refractivity contribution in [1.29, 1.82) is 0 Å². The van der Waals surface area contributed by atoms with E-state index in [0.29, 0.717) is 5.16 Å². The van der Waals surface area contributed by atoms with Crippen LogP contribution in [0.3, 0.4) is 0 Å². The minimum absolute atomic E-state index is 0.0923. The smallest absolute Gasteiger partial charge is 0.234 e. The van der Waals surface area contributed by atoms with E-state index in [1.165, 1.54) is 17.3 Å². The van der Waals surface area contributed by atoms with Crippen LogP contribution in [0.4, 0.5) is 5.69 Å². The Balaban J connectivity index is 1.68. The van der Waals surface area contributed by atoms with Crippen LogP contribution < -0.4 is 5.32 Å². The minimum atomic E-state index is -0.0923. The number of carbonyl (C=O) groups excluding carboxylic acids is 1. The number of aryl methyl sites for hydroxylation is 4. The molecule has 3 aromatic rings. The predicted octanol–water partition coefficient (Wildman–Crippen LogP) is 3.63. The van der Waals surface area contributed by atoms with Crippen molar-refractivity contribution in [2.24, 2.45) is 0 Å². The summed E-state index contributed by atoms with van der Waals surface area (Å²) in [6.45, 7) is 7.86. The zero-order valence-electron chi connectivity index (χ0n) is 15.3. The third kappa shape index (κ3) is 4.11. The monoisotopic (exact) mass is 367 g/mol. The Morgan fingerprint density at radius 2 is 1.88 bits per heavy atom. The van der Waals surface area contributed by atoms with E-state index in [9.17, 15) is 4.79 Å². The van der Waals surface area contributed by atoms with Crippen molar-refractivity contribution >= 4 is 23.4 Å². The molecule has 1 N–H and O–H groups in total. The first-order valence-corrected chi connectivity index (χ1v) is 9.27. The van der Waals surface area contributed by atoms with Gasteiger partial charge < -0.3 is 5.32 Å². The molecule has 0 spiro atoms. The average molecular weight is 367 g/mol. The summed E-state index contributed by atoms with van der Waals surface area (Å²) in [6.07, 6.45) is 1.66. The second-order valence-corrected chi connectivity index (χ2v) is 7.14. The van der Waals surface area contributed by atoms with E-state index in [-0.39, 0.29) is 11.7 Å². The molecule has 0 bridgehead atoms. The van der Waals surface area contributed by atoms with Gasteiger partial charge in [-0.15, -0.1) is 10.2 Å². The SMILES string of the molecule is Cc1ccc(-n2cnnc2SCC(=O)Nc2c(C)cc(C)nc2C)cc1. The molecule has 2 heterocycles. The van der Waals surface area contributed by atoms with Crippen molar-refractivity contribution in [2.45, 2.75) is 32.9 Å². The van der Waals surface area contributed by atoms with E-state index in [0.717, 1.165) is 28.3 Å². The molecule has 6 nitrogen and oxygen atoms in total. The Morgan fingerprint density at radius 1 is 1.15 bits per heavy atom. The first-order valence-electron chi connectivity index (χ1n) is 8.28. The maximum Gasteiger partial charge on any atom is 0.234 e. The minimum Gasteiger partial charge on any atom is -0.324 e. The number of nitrogens with zero attached hydrogens (tertiary/aromatic N) is 4. The highest BCUT2D eigenvalue weighted by Crippen LogP contribution is 2.22. The number of aromatic nitrogens is 4. The lowest BCUT2D eigenvalue weighted by Gasteiger charge is -2.12. The summed E-state index contributed by atoms with van der Waals surface area (Å²) in [7, 11) is 0. The quantitative estimate of drug-likeness (QED) is 0.697. The van der Waals surface area contributed by atoms with Crippen LogP contribution in [0.1, 0.15) is 22.5 Å². The van der Waals surface area contributed by atoms with Crippen molar-refractivity contribution in [1.82, 2.24) is 19.7 Å². The molecule has 0 radical (unpaired) electrons. The molecular weight excluding hydrogens is 346 g/mol. The molecule has 134 valence electrons. The first kappa shape index (κ1) is 18.1. The first-order chi connectivity index (χ1) is 12.4. The van der Waals surface area contributed by atoms with E-state index in [2.05, 4.69) is 20.5 Å². The van der Waals surface area contributed by atoms with Crippen LogP contribution in [0.15, 0.2) is 41.8 Å². The lowest BCUT2D eigenvalue weighted by atomic mass is 10.1. The molecule has 0 unspecified atom stereocenters. The zero-order chi connectivity index (χ0) is 18.7. The van der Waals surface area contributed by atoms with E-state index in [1.807, 2.05) is 62.6 Å². The van der Waals surface area contributed by atoms with Crippen LogP contribution in [0.25, 0.3) is 5.69 Å². The Hall–Kier alpha value is -2.67. The van der Waals surface area contributed by atoms with Gasteiger partial charge in [0.05, 0.1) is 17.1 Å². The van der Waals surface area contributed by atoms with Gasteiger partial charge in [-0.1, -0.05) is 29.5 Å².